The highest BCUT2D eigenvalue weighted by Crippen LogP contribution is 2.71. The molecule has 400 valence electrons. The van der Waals surface area contributed by atoms with Crippen LogP contribution in [0.1, 0.15) is 128 Å². The molecule has 3 heterocycles. The molecule has 4 bridgehead atoms. The number of allylic oxidation sites excluding steroid dienone is 4. The van der Waals surface area contributed by atoms with E-state index in [1.54, 1.807) is 25.2 Å². The number of benzene rings is 3. The summed E-state index contributed by atoms with van der Waals surface area (Å²) in [6.45, 7) is 17.9. The van der Waals surface area contributed by atoms with Crippen molar-refractivity contribution in [3.05, 3.63) is 130 Å². The lowest BCUT2D eigenvalue weighted by Gasteiger charge is -2.63. The van der Waals surface area contributed by atoms with Crippen LogP contribution < -0.4 is 24.6 Å². The molecule has 1 spiro atoms. The molecule has 1 amide bonds. The molecule has 6 aliphatic rings. The molecular formula is C58H69N2O14P. The molecule has 9 rings (SSSR count). The number of rotatable bonds is 19. The van der Waals surface area contributed by atoms with Crippen LogP contribution >= 0.6 is 7.82 Å². The summed E-state index contributed by atoms with van der Waals surface area (Å²) in [6.07, 6.45) is 10.2. The van der Waals surface area contributed by atoms with Crippen LogP contribution in [0, 0.1) is 17.8 Å². The maximum atomic E-state index is 16.3. The number of amides is 1. The fraction of sp³-hybridized carbons (Fsp3) is 0.466. The molecule has 16 nitrogen and oxygen atoms in total. The van der Waals surface area contributed by atoms with Gasteiger partial charge >= 0.3 is 19.8 Å². The van der Waals surface area contributed by atoms with Crippen LogP contribution in [0.5, 0.6) is 17.2 Å². The van der Waals surface area contributed by atoms with Crippen molar-refractivity contribution in [1.29, 1.82) is 0 Å². The van der Waals surface area contributed by atoms with Crippen molar-refractivity contribution < 1.29 is 66.5 Å². The predicted octanol–water partition coefficient (Wildman–Crippen LogP) is 8.95. The summed E-state index contributed by atoms with van der Waals surface area (Å²) < 4.78 is 51.5. The Morgan fingerprint density at radius 1 is 0.827 bits per heavy atom. The molecule has 3 saturated carbocycles. The minimum absolute atomic E-state index is 0.00754. The van der Waals surface area contributed by atoms with Crippen LogP contribution in [0.15, 0.2) is 102 Å². The summed E-state index contributed by atoms with van der Waals surface area (Å²) in [4.78, 5) is 94.2. The van der Waals surface area contributed by atoms with Gasteiger partial charge in [0.1, 0.15) is 48.0 Å². The molecule has 3 aromatic rings. The van der Waals surface area contributed by atoms with Gasteiger partial charge in [0, 0.05) is 35.4 Å². The topological polar surface area (TPSA) is 222 Å². The molecule has 75 heavy (non-hydrogen) atoms. The Labute approximate surface area is 438 Å². The van der Waals surface area contributed by atoms with E-state index in [-0.39, 0.29) is 60.7 Å². The van der Waals surface area contributed by atoms with E-state index in [0.29, 0.717) is 18.4 Å². The Balaban J connectivity index is 1.27. The normalized spacial score (nSPS) is 26.5. The number of esters is 2. The van der Waals surface area contributed by atoms with Gasteiger partial charge in [0.25, 0.3) is 0 Å². The summed E-state index contributed by atoms with van der Waals surface area (Å²) in [5.74, 6) is -6.41. The fourth-order valence-corrected chi connectivity index (χ4v) is 12.1. The second-order valence-corrected chi connectivity index (χ2v) is 23.0. The highest BCUT2D eigenvalue weighted by molar-refractivity contribution is 7.46. The largest absolute Gasteiger partial charge is 0.524 e. The second-order valence-electron chi connectivity index (χ2n) is 21.8. The van der Waals surface area contributed by atoms with Crippen molar-refractivity contribution >= 4 is 43.3 Å². The standard InChI is InChI=1S/C58H69N2O14P/c1-33(2)18-17-27-56(10)28-26-41-48(71-56)40(24-23-34(3)4)49-44(50(41)73-75(66,67)68)47(61)45-46(59-36(6)53(64)69-31-38-19-13-11-14-20-38)42-30-43-55(8,9)74-57(51(42)62,58(43,45)72-49)29-25-35(5)52(63)60-37(7)54(65)70-32-39-21-15-12-16-22-39/h11-16,18-23,25-26,28,36-37,42-43,45-46,59H,17,24,27,29-32H2,1-10H3,(H,60,63)(H2,66,67,68)/b35-25-. The molecule has 4 fully saturated rings. The van der Waals surface area contributed by atoms with Gasteiger partial charge < -0.3 is 38.8 Å². The zero-order valence-corrected chi connectivity index (χ0v) is 45.2. The van der Waals surface area contributed by atoms with E-state index in [1.165, 1.54) is 13.8 Å². The van der Waals surface area contributed by atoms with Crippen molar-refractivity contribution in [1.82, 2.24) is 10.6 Å². The smallest absolute Gasteiger partial charge is 0.482 e. The molecule has 0 aromatic heterocycles. The van der Waals surface area contributed by atoms with Crippen molar-refractivity contribution in [2.75, 3.05) is 0 Å². The summed E-state index contributed by atoms with van der Waals surface area (Å²) >= 11 is 0. The number of fused-ring (bicyclic) bond motifs is 2. The first-order chi connectivity index (χ1) is 35.3. The van der Waals surface area contributed by atoms with Crippen LogP contribution in [0.3, 0.4) is 0 Å². The first kappa shape index (κ1) is 55.1. The van der Waals surface area contributed by atoms with E-state index in [0.717, 1.165) is 22.3 Å². The van der Waals surface area contributed by atoms with Crippen molar-refractivity contribution in [3.63, 3.8) is 0 Å². The number of hydrogen-bond acceptors (Lipinski definition) is 13. The maximum absolute atomic E-state index is 16.3. The summed E-state index contributed by atoms with van der Waals surface area (Å²) in [6, 6.07) is 15.0. The van der Waals surface area contributed by atoms with E-state index in [1.807, 2.05) is 115 Å². The number of phosphoric acid groups is 1. The Morgan fingerprint density at radius 3 is 2.01 bits per heavy atom. The maximum Gasteiger partial charge on any atom is 0.524 e. The molecule has 3 aliphatic heterocycles. The summed E-state index contributed by atoms with van der Waals surface area (Å²) in [5, 5.41) is 6.02. The van der Waals surface area contributed by atoms with Gasteiger partial charge in [-0.2, -0.15) is 0 Å². The van der Waals surface area contributed by atoms with E-state index in [2.05, 4.69) is 16.7 Å². The Hall–Kier alpha value is -6.16. The SMILES string of the molecule is CC(C)=CCCC1(C)C=Cc2c(c(CC=C(C)C)c3c(c2OP(=O)(O)O)C(=O)C2C(NC(C)C(=O)OCc4ccccc4)C4CC5C(C)(C)OC(C/C=C(/C)C(=O)NC(C)C(=O)OCc6ccccc6)(C4=O)C25O3)O1. The molecular weight excluding hydrogens is 980 g/mol. The van der Waals surface area contributed by atoms with Gasteiger partial charge in [0.15, 0.2) is 28.5 Å². The van der Waals surface area contributed by atoms with Crippen molar-refractivity contribution in [3.8, 4) is 17.2 Å². The Morgan fingerprint density at radius 2 is 1.43 bits per heavy atom. The van der Waals surface area contributed by atoms with Crippen molar-refractivity contribution in [2.24, 2.45) is 17.8 Å². The second kappa shape index (κ2) is 21.1. The lowest BCUT2D eigenvalue weighted by molar-refractivity contribution is -0.206. The Bertz CT molecular complexity index is 2930. The van der Waals surface area contributed by atoms with Crippen LogP contribution in [0.2, 0.25) is 0 Å². The van der Waals surface area contributed by atoms with Gasteiger partial charge in [-0.3, -0.25) is 29.0 Å². The minimum atomic E-state index is -5.42. The van der Waals surface area contributed by atoms with E-state index in [4.69, 9.17) is 28.2 Å². The van der Waals surface area contributed by atoms with Crippen molar-refractivity contribution in [2.45, 2.75) is 155 Å². The number of hydrogen-bond donors (Lipinski definition) is 4. The molecule has 3 aromatic carbocycles. The molecule has 0 radical (unpaired) electrons. The highest BCUT2D eigenvalue weighted by Gasteiger charge is 2.85. The van der Waals surface area contributed by atoms with Crippen LogP contribution in [0.25, 0.3) is 6.08 Å². The van der Waals surface area contributed by atoms with Gasteiger partial charge in [0.05, 0.1) is 17.1 Å². The predicted molar refractivity (Wildman–Crippen MR) is 279 cm³/mol. The average Bonchev–Trinajstić information content (AvgIpc) is 3.49. The summed E-state index contributed by atoms with van der Waals surface area (Å²) in [5.41, 5.74) is -2.01. The Kier molecular flexibility index (Phi) is 15.5. The lowest BCUT2D eigenvalue weighted by atomic mass is 9.45. The molecule has 9 unspecified atom stereocenters. The van der Waals surface area contributed by atoms with Gasteiger partial charge in [-0.05, 0) is 118 Å². The molecule has 17 heteroatoms. The fourth-order valence-electron chi connectivity index (χ4n) is 11.6. The summed E-state index contributed by atoms with van der Waals surface area (Å²) in [7, 11) is -5.42. The minimum Gasteiger partial charge on any atom is -0.482 e. The van der Waals surface area contributed by atoms with Gasteiger partial charge in [-0.15, -0.1) is 0 Å². The average molecular weight is 1050 g/mol. The van der Waals surface area contributed by atoms with E-state index < -0.39 is 101 Å². The van der Waals surface area contributed by atoms with Gasteiger partial charge in [-0.1, -0.05) is 90.0 Å². The number of carbonyl (C=O) groups excluding carboxylic acids is 5. The van der Waals surface area contributed by atoms with Crippen LogP contribution in [-0.4, -0.2) is 79.7 Å². The van der Waals surface area contributed by atoms with Gasteiger partial charge in [0.2, 0.25) is 5.91 Å². The van der Waals surface area contributed by atoms with Crippen LogP contribution in [0.4, 0.5) is 0 Å². The molecule has 3 aliphatic carbocycles. The molecule has 4 N–H and O–H groups in total. The number of phosphoric ester groups is 1. The quantitative estimate of drug-likeness (QED) is 0.0381. The third-order valence-corrected chi connectivity index (χ3v) is 15.7. The third-order valence-electron chi connectivity index (χ3n) is 15.3. The highest BCUT2D eigenvalue weighted by atomic mass is 31.2. The third kappa shape index (κ3) is 10.7. The number of Topliss-reactive ketones (excluding diaryl/α,β-unsaturated/α-hetero) is 2. The number of ketones is 2. The first-order valence-corrected chi connectivity index (χ1v) is 27.1. The van der Waals surface area contributed by atoms with E-state index in [9.17, 15) is 28.7 Å². The molecule has 9 atom stereocenters. The van der Waals surface area contributed by atoms with Crippen LogP contribution in [-0.2, 0) is 57.6 Å². The first-order valence-electron chi connectivity index (χ1n) is 25.6. The number of nitrogens with one attached hydrogen (secondary N) is 2. The number of carbonyl (C=O) groups is 5. The lowest BCUT2D eigenvalue weighted by Crippen LogP contribution is -2.82. The van der Waals surface area contributed by atoms with E-state index >= 15 is 9.59 Å². The molecule has 1 saturated heterocycles. The van der Waals surface area contributed by atoms with Gasteiger partial charge in [-0.25, -0.2) is 9.36 Å². The number of ether oxygens (including phenoxy) is 5. The monoisotopic (exact) mass is 1050 g/mol. The zero-order valence-electron chi connectivity index (χ0n) is 44.3. The zero-order chi connectivity index (χ0) is 54.4.